The fourth-order valence-electron chi connectivity index (χ4n) is 6.95. The lowest BCUT2D eigenvalue weighted by Crippen LogP contribution is -2.31. The van der Waals surface area contributed by atoms with Crippen LogP contribution in [0.25, 0.3) is 0 Å². The van der Waals surface area contributed by atoms with E-state index in [1.165, 1.54) is 64.2 Å². The zero-order valence-electron chi connectivity index (χ0n) is 32.5. The first-order chi connectivity index (χ1) is 23.4. The average molecular weight is 692 g/mol. The summed E-state index contributed by atoms with van der Waals surface area (Å²) in [6.07, 6.45) is 35.0. The summed E-state index contributed by atoms with van der Waals surface area (Å²) in [4.78, 5) is 36.4. The predicted molar refractivity (Wildman–Crippen MR) is 205 cm³/mol. The molecule has 0 spiro atoms. The largest absolute Gasteiger partial charge is 0.481 e. The molecule has 49 heavy (non-hydrogen) atoms. The molecular formula is C42H77NO6. The van der Waals surface area contributed by atoms with Crippen molar-refractivity contribution in [2.24, 2.45) is 11.3 Å². The molecule has 0 amide bonds. The van der Waals surface area contributed by atoms with Crippen LogP contribution in [0.3, 0.4) is 0 Å². The molecule has 0 aromatic carbocycles. The molecule has 0 saturated heterocycles. The van der Waals surface area contributed by atoms with Gasteiger partial charge in [0.2, 0.25) is 0 Å². The Bertz CT molecular complexity index is 832. The second-order valence-electron chi connectivity index (χ2n) is 15.6. The van der Waals surface area contributed by atoms with Gasteiger partial charge in [-0.2, -0.15) is 0 Å². The highest BCUT2D eigenvalue weighted by Crippen LogP contribution is 2.28. The quantitative estimate of drug-likeness (QED) is 0.0387. The number of hydrogen-bond donors (Lipinski definition) is 2. The smallest absolute Gasteiger partial charge is 0.306 e. The first kappa shape index (κ1) is 46.9. The van der Waals surface area contributed by atoms with E-state index in [2.05, 4.69) is 64.1 Å². The molecule has 7 nitrogen and oxygen atoms in total. The second kappa shape index (κ2) is 31.8. The van der Waals surface area contributed by atoms with Crippen molar-refractivity contribution < 1.29 is 29.3 Å². The summed E-state index contributed by atoms with van der Waals surface area (Å²) in [5.41, 5.74) is 0.168. The van der Waals surface area contributed by atoms with Gasteiger partial charge in [0.25, 0.3) is 0 Å². The maximum Gasteiger partial charge on any atom is 0.306 e. The molecule has 0 aromatic rings. The maximum atomic E-state index is 13.0. The monoisotopic (exact) mass is 692 g/mol. The van der Waals surface area contributed by atoms with E-state index in [-0.39, 0.29) is 30.3 Å². The maximum absolute atomic E-state index is 13.0. The minimum atomic E-state index is -0.704. The van der Waals surface area contributed by atoms with Crippen LogP contribution in [0, 0.1) is 11.3 Å². The molecule has 0 rings (SSSR count). The van der Waals surface area contributed by atoms with Crippen LogP contribution in [-0.2, 0) is 19.1 Å². The number of nitrogens with zero attached hydrogens (tertiary/aromatic N) is 1. The third-order valence-electron chi connectivity index (χ3n) is 9.11. The summed E-state index contributed by atoms with van der Waals surface area (Å²) >= 11 is 0. The van der Waals surface area contributed by atoms with Crippen LogP contribution in [0.4, 0.5) is 0 Å². The third kappa shape index (κ3) is 35.5. The Morgan fingerprint density at radius 2 is 0.980 bits per heavy atom. The Hall–Kier alpha value is -2.15. The van der Waals surface area contributed by atoms with Crippen LogP contribution in [-0.4, -0.2) is 59.8 Å². The van der Waals surface area contributed by atoms with Crippen molar-refractivity contribution in [3.05, 3.63) is 24.3 Å². The summed E-state index contributed by atoms with van der Waals surface area (Å²) in [5, 5.41) is 17.4. The molecule has 286 valence electrons. The summed E-state index contributed by atoms with van der Waals surface area (Å²) in [6.45, 7) is 7.76. The van der Waals surface area contributed by atoms with E-state index in [4.69, 9.17) is 14.9 Å². The molecule has 0 aliphatic carbocycles. The van der Waals surface area contributed by atoms with Gasteiger partial charge in [0.15, 0.2) is 0 Å². The van der Waals surface area contributed by atoms with Crippen molar-refractivity contribution in [3.63, 3.8) is 0 Å². The van der Waals surface area contributed by atoms with Gasteiger partial charge in [0.1, 0.15) is 6.10 Å². The predicted octanol–water partition coefficient (Wildman–Crippen LogP) is 11.5. The van der Waals surface area contributed by atoms with Crippen molar-refractivity contribution in [3.8, 4) is 0 Å². The van der Waals surface area contributed by atoms with Gasteiger partial charge in [0, 0.05) is 25.8 Å². The van der Waals surface area contributed by atoms with Gasteiger partial charge in [0.05, 0.1) is 0 Å². The van der Waals surface area contributed by atoms with Gasteiger partial charge >= 0.3 is 17.9 Å². The first-order valence-electron chi connectivity index (χ1n) is 20.0. The summed E-state index contributed by atoms with van der Waals surface area (Å²) in [5.74, 6) is -1.13. The summed E-state index contributed by atoms with van der Waals surface area (Å²) in [7, 11) is 4.21. The van der Waals surface area contributed by atoms with E-state index in [0.29, 0.717) is 12.3 Å². The van der Waals surface area contributed by atoms with E-state index in [1.807, 2.05) is 0 Å². The van der Waals surface area contributed by atoms with Crippen LogP contribution < -0.4 is 0 Å². The molecule has 0 aliphatic heterocycles. The number of esters is 1. The van der Waals surface area contributed by atoms with Crippen LogP contribution in [0.2, 0.25) is 0 Å². The van der Waals surface area contributed by atoms with Gasteiger partial charge in [-0.25, -0.2) is 0 Å². The van der Waals surface area contributed by atoms with Crippen molar-refractivity contribution in [1.82, 2.24) is 4.90 Å². The number of carbonyl (C=O) groups excluding carboxylic acids is 1. The molecule has 2 N–H and O–H groups in total. The van der Waals surface area contributed by atoms with Crippen LogP contribution >= 0.6 is 0 Å². The van der Waals surface area contributed by atoms with Gasteiger partial charge in [-0.15, -0.1) is 0 Å². The SMILES string of the molecule is CC(CC(=O)OC(CCCCCCCC/C=C\CCCCC(=O)O)CCCCCCCC/C=C\CCCCC(=O)O)CC(C)(C)CN(C)C. The molecule has 1 atom stereocenters. The van der Waals surface area contributed by atoms with Crippen molar-refractivity contribution >= 4 is 17.9 Å². The fourth-order valence-corrected chi connectivity index (χ4v) is 6.95. The highest BCUT2D eigenvalue weighted by Gasteiger charge is 2.24. The van der Waals surface area contributed by atoms with E-state index < -0.39 is 11.9 Å². The number of rotatable bonds is 35. The summed E-state index contributed by atoms with van der Waals surface area (Å²) in [6, 6.07) is 0. The fraction of sp³-hybridized carbons (Fsp3) is 0.833. The van der Waals surface area contributed by atoms with E-state index in [0.717, 1.165) is 90.0 Å². The standard InChI is InChI=1S/C42H77NO6/c1-37(35-42(2,3)36-43(4)5)34-41(48)49-38(30-26-22-18-14-10-6-8-12-16-20-24-28-32-39(44)45)31-27-23-19-15-11-7-9-13-17-21-25-29-33-40(46)47/h12-13,16-17,37-38H,6-11,14-15,18-36H2,1-5H3,(H,44,45)(H,46,47)/b16-12-,17-13-. The number of allylic oxidation sites excluding steroid dienone is 4. The molecule has 0 radical (unpaired) electrons. The lowest BCUT2D eigenvalue weighted by molar-refractivity contribution is -0.151. The number of unbranched alkanes of at least 4 members (excludes halogenated alkanes) is 16. The van der Waals surface area contributed by atoms with Crippen LogP contribution in [0.1, 0.15) is 188 Å². The van der Waals surface area contributed by atoms with Gasteiger partial charge in [-0.1, -0.05) is 96.4 Å². The van der Waals surface area contributed by atoms with E-state index in [9.17, 15) is 14.4 Å². The third-order valence-corrected chi connectivity index (χ3v) is 9.11. The highest BCUT2D eigenvalue weighted by atomic mass is 16.5. The average Bonchev–Trinajstić information content (AvgIpc) is 2.99. The molecule has 0 saturated carbocycles. The Morgan fingerprint density at radius 1 is 0.612 bits per heavy atom. The molecule has 0 bridgehead atoms. The second-order valence-corrected chi connectivity index (χ2v) is 15.6. The Kier molecular flexibility index (Phi) is 30.4. The lowest BCUT2D eigenvalue weighted by atomic mass is 9.82. The molecule has 0 aromatic heterocycles. The number of carbonyl (C=O) groups is 3. The minimum Gasteiger partial charge on any atom is -0.481 e. The van der Waals surface area contributed by atoms with E-state index in [1.54, 1.807) is 0 Å². The van der Waals surface area contributed by atoms with Gasteiger partial charge < -0.3 is 19.8 Å². The Labute approximate surface area is 301 Å². The topological polar surface area (TPSA) is 104 Å². The van der Waals surface area contributed by atoms with Crippen molar-refractivity contribution in [1.29, 1.82) is 0 Å². The zero-order chi connectivity index (χ0) is 36.6. The first-order valence-corrected chi connectivity index (χ1v) is 20.0. The molecule has 0 heterocycles. The van der Waals surface area contributed by atoms with Crippen molar-refractivity contribution in [2.45, 2.75) is 194 Å². The molecule has 0 aliphatic rings. The van der Waals surface area contributed by atoms with Gasteiger partial charge in [-0.05, 0) is 122 Å². The minimum absolute atomic E-state index is 0.0250. The molecular weight excluding hydrogens is 614 g/mol. The number of ether oxygens (including phenoxy) is 1. The number of carboxylic acids is 2. The number of aliphatic carboxylic acids is 2. The summed E-state index contributed by atoms with van der Waals surface area (Å²) < 4.78 is 6.13. The number of carboxylic acid groups (broad SMARTS) is 2. The number of hydrogen-bond acceptors (Lipinski definition) is 5. The molecule has 0 fully saturated rings. The molecule has 7 heteroatoms. The van der Waals surface area contributed by atoms with Crippen LogP contribution in [0.5, 0.6) is 0 Å². The Balaban J connectivity index is 4.36. The molecule has 1 unspecified atom stereocenters. The van der Waals surface area contributed by atoms with Gasteiger partial charge in [-0.3, -0.25) is 14.4 Å². The highest BCUT2D eigenvalue weighted by molar-refractivity contribution is 5.69. The van der Waals surface area contributed by atoms with Crippen molar-refractivity contribution in [2.75, 3.05) is 20.6 Å². The normalized spacial score (nSPS) is 12.9. The zero-order valence-corrected chi connectivity index (χ0v) is 32.5. The lowest BCUT2D eigenvalue weighted by Gasteiger charge is -2.31. The Morgan fingerprint density at radius 3 is 1.37 bits per heavy atom. The van der Waals surface area contributed by atoms with Crippen LogP contribution in [0.15, 0.2) is 24.3 Å². The van der Waals surface area contributed by atoms with E-state index >= 15 is 0 Å².